The number of amides is 1. The second kappa shape index (κ2) is 8.41. The molecule has 0 heterocycles. The van der Waals surface area contributed by atoms with E-state index in [4.69, 9.17) is 5.73 Å². The van der Waals surface area contributed by atoms with E-state index in [9.17, 15) is 9.18 Å². The van der Waals surface area contributed by atoms with Crippen LogP contribution >= 0.6 is 0 Å². The molecule has 0 fully saturated rings. The number of rotatable bonds is 7. The summed E-state index contributed by atoms with van der Waals surface area (Å²) in [6, 6.07) is 14.3. The molecular formula is C18H22FN3O. The molecule has 5 heteroatoms. The summed E-state index contributed by atoms with van der Waals surface area (Å²) in [5.74, 6) is -0.313. The van der Waals surface area contributed by atoms with E-state index >= 15 is 0 Å². The summed E-state index contributed by atoms with van der Waals surface area (Å²) in [5, 5.41) is 2.75. The first-order chi connectivity index (χ1) is 11.1. The van der Waals surface area contributed by atoms with E-state index in [1.807, 2.05) is 24.3 Å². The lowest BCUT2D eigenvalue weighted by molar-refractivity contribution is -0.114. The third-order valence-corrected chi connectivity index (χ3v) is 3.45. The maximum absolute atomic E-state index is 13.0. The number of carbonyl (C=O) groups excluding carboxylic acids is 1. The summed E-state index contributed by atoms with van der Waals surface area (Å²) in [5.41, 5.74) is 8.66. The van der Waals surface area contributed by atoms with Crippen molar-refractivity contribution in [3.8, 4) is 0 Å². The number of hydrogen-bond acceptors (Lipinski definition) is 3. The highest BCUT2D eigenvalue weighted by Crippen LogP contribution is 2.14. The quantitative estimate of drug-likeness (QED) is 0.826. The van der Waals surface area contributed by atoms with Crippen LogP contribution in [0, 0.1) is 5.82 Å². The molecule has 0 unspecified atom stereocenters. The zero-order valence-corrected chi connectivity index (χ0v) is 13.3. The minimum atomic E-state index is -0.229. The van der Waals surface area contributed by atoms with Crippen molar-refractivity contribution in [2.24, 2.45) is 5.73 Å². The van der Waals surface area contributed by atoms with Gasteiger partial charge < -0.3 is 11.1 Å². The first-order valence-corrected chi connectivity index (χ1v) is 7.60. The third-order valence-electron chi connectivity index (χ3n) is 3.45. The van der Waals surface area contributed by atoms with Gasteiger partial charge in [0, 0.05) is 38.8 Å². The van der Waals surface area contributed by atoms with Gasteiger partial charge in [-0.2, -0.15) is 0 Å². The maximum Gasteiger partial charge on any atom is 0.221 e. The molecule has 0 bridgehead atoms. The molecule has 0 aliphatic heterocycles. The molecule has 122 valence electrons. The standard InChI is InChI=1S/C18H22FN3O/c1-14(23)21-18-8-4-16(5-9-18)13-22(11-10-20)12-15-2-6-17(19)7-3-15/h2-9H,10-13,20H2,1H3,(H,21,23). The number of nitrogens with one attached hydrogen (secondary N) is 1. The molecule has 0 spiro atoms. The fraction of sp³-hybridized carbons (Fsp3) is 0.278. The molecule has 0 radical (unpaired) electrons. The van der Waals surface area contributed by atoms with Crippen LogP contribution in [0.3, 0.4) is 0 Å². The van der Waals surface area contributed by atoms with E-state index < -0.39 is 0 Å². The smallest absolute Gasteiger partial charge is 0.221 e. The van der Waals surface area contributed by atoms with Crippen LogP contribution in [0.25, 0.3) is 0 Å². The minimum Gasteiger partial charge on any atom is -0.329 e. The van der Waals surface area contributed by atoms with E-state index in [0.29, 0.717) is 13.1 Å². The monoisotopic (exact) mass is 315 g/mol. The minimum absolute atomic E-state index is 0.0844. The average molecular weight is 315 g/mol. The molecule has 0 saturated carbocycles. The normalized spacial score (nSPS) is 10.8. The van der Waals surface area contributed by atoms with E-state index in [2.05, 4.69) is 10.2 Å². The van der Waals surface area contributed by atoms with Crippen molar-refractivity contribution >= 4 is 11.6 Å². The molecule has 0 aliphatic rings. The molecule has 0 aliphatic carbocycles. The number of nitrogens with two attached hydrogens (primary N) is 1. The topological polar surface area (TPSA) is 58.4 Å². The van der Waals surface area contributed by atoms with Gasteiger partial charge in [-0.15, -0.1) is 0 Å². The Morgan fingerprint density at radius 2 is 1.57 bits per heavy atom. The van der Waals surface area contributed by atoms with Crippen molar-refractivity contribution < 1.29 is 9.18 Å². The second-order valence-electron chi connectivity index (χ2n) is 5.50. The Morgan fingerprint density at radius 3 is 2.04 bits per heavy atom. The largest absolute Gasteiger partial charge is 0.329 e. The van der Waals surface area contributed by atoms with Crippen LogP contribution < -0.4 is 11.1 Å². The number of nitrogens with zero attached hydrogens (tertiary/aromatic N) is 1. The Morgan fingerprint density at radius 1 is 1.04 bits per heavy atom. The molecule has 3 N–H and O–H groups in total. The lowest BCUT2D eigenvalue weighted by Gasteiger charge is -2.22. The number of hydrogen-bond donors (Lipinski definition) is 2. The molecule has 0 aromatic heterocycles. The summed E-state index contributed by atoms with van der Waals surface area (Å²) in [6.07, 6.45) is 0. The third kappa shape index (κ3) is 5.81. The van der Waals surface area contributed by atoms with Crippen molar-refractivity contribution in [1.82, 2.24) is 4.90 Å². The van der Waals surface area contributed by atoms with Gasteiger partial charge in [0.15, 0.2) is 0 Å². The molecule has 0 saturated heterocycles. The maximum atomic E-state index is 13.0. The molecular weight excluding hydrogens is 293 g/mol. The van der Waals surface area contributed by atoms with Gasteiger partial charge in [-0.1, -0.05) is 24.3 Å². The average Bonchev–Trinajstić information content (AvgIpc) is 2.51. The van der Waals surface area contributed by atoms with Gasteiger partial charge in [-0.05, 0) is 35.4 Å². The van der Waals surface area contributed by atoms with Crippen LogP contribution in [0.15, 0.2) is 48.5 Å². The zero-order chi connectivity index (χ0) is 16.7. The van der Waals surface area contributed by atoms with Gasteiger partial charge in [0.05, 0.1) is 0 Å². The Hall–Kier alpha value is -2.24. The number of benzene rings is 2. The van der Waals surface area contributed by atoms with Crippen LogP contribution in [0.4, 0.5) is 10.1 Å². The predicted octanol–water partition coefficient (Wildman–Crippen LogP) is 2.75. The number of anilines is 1. The highest BCUT2D eigenvalue weighted by atomic mass is 19.1. The first kappa shape index (κ1) is 17.1. The van der Waals surface area contributed by atoms with Gasteiger partial charge in [0.1, 0.15) is 5.82 Å². The highest BCUT2D eigenvalue weighted by Gasteiger charge is 2.07. The molecule has 2 rings (SSSR count). The Labute approximate surface area is 136 Å². The Kier molecular flexibility index (Phi) is 6.26. The van der Waals surface area contributed by atoms with Crippen molar-refractivity contribution in [3.63, 3.8) is 0 Å². The van der Waals surface area contributed by atoms with Crippen LogP contribution in [0.1, 0.15) is 18.1 Å². The van der Waals surface area contributed by atoms with Gasteiger partial charge >= 0.3 is 0 Å². The zero-order valence-electron chi connectivity index (χ0n) is 13.3. The van der Waals surface area contributed by atoms with Gasteiger partial charge in [-0.25, -0.2) is 4.39 Å². The molecule has 23 heavy (non-hydrogen) atoms. The Balaban J connectivity index is 2.00. The van der Waals surface area contributed by atoms with Crippen molar-refractivity contribution in [2.75, 3.05) is 18.4 Å². The SMILES string of the molecule is CC(=O)Nc1ccc(CN(CCN)Cc2ccc(F)cc2)cc1. The van der Waals surface area contributed by atoms with E-state index in [0.717, 1.165) is 29.9 Å². The van der Waals surface area contributed by atoms with Crippen LogP contribution in [0.5, 0.6) is 0 Å². The summed E-state index contributed by atoms with van der Waals surface area (Å²) in [7, 11) is 0. The number of halogens is 1. The molecule has 1 amide bonds. The van der Waals surface area contributed by atoms with Crippen molar-refractivity contribution in [3.05, 3.63) is 65.5 Å². The summed E-state index contributed by atoms with van der Waals surface area (Å²) in [4.78, 5) is 13.2. The van der Waals surface area contributed by atoms with Gasteiger partial charge in [0.25, 0.3) is 0 Å². The fourth-order valence-corrected chi connectivity index (χ4v) is 2.40. The summed E-state index contributed by atoms with van der Waals surface area (Å²) >= 11 is 0. The van der Waals surface area contributed by atoms with E-state index in [1.54, 1.807) is 12.1 Å². The second-order valence-corrected chi connectivity index (χ2v) is 5.50. The van der Waals surface area contributed by atoms with Crippen LogP contribution in [-0.2, 0) is 17.9 Å². The summed E-state index contributed by atoms with van der Waals surface area (Å²) in [6.45, 7) is 4.26. The summed E-state index contributed by atoms with van der Waals surface area (Å²) < 4.78 is 13.0. The molecule has 0 atom stereocenters. The Bertz CT molecular complexity index is 626. The molecule has 2 aromatic rings. The molecule has 2 aromatic carbocycles. The van der Waals surface area contributed by atoms with E-state index in [-0.39, 0.29) is 11.7 Å². The van der Waals surface area contributed by atoms with Crippen LogP contribution in [-0.4, -0.2) is 23.9 Å². The predicted molar refractivity (Wildman–Crippen MR) is 90.3 cm³/mol. The van der Waals surface area contributed by atoms with Crippen molar-refractivity contribution in [2.45, 2.75) is 20.0 Å². The number of carbonyl (C=O) groups is 1. The van der Waals surface area contributed by atoms with Crippen LogP contribution in [0.2, 0.25) is 0 Å². The lowest BCUT2D eigenvalue weighted by atomic mass is 10.1. The first-order valence-electron chi connectivity index (χ1n) is 7.60. The van der Waals surface area contributed by atoms with Gasteiger partial charge in [-0.3, -0.25) is 9.69 Å². The molecule has 4 nitrogen and oxygen atoms in total. The lowest BCUT2D eigenvalue weighted by Crippen LogP contribution is -2.28. The highest BCUT2D eigenvalue weighted by molar-refractivity contribution is 5.88. The van der Waals surface area contributed by atoms with Gasteiger partial charge in [0.2, 0.25) is 5.91 Å². The van der Waals surface area contributed by atoms with Crippen molar-refractivity contribution in [1.29, 1.82) is 0 Å². The van der Waals surface area contributed by atoms with E-state index in [1.165, 1.54) is 19.1 Å². The fourth-order valence-electron chi connectivity index (χ4n) is 2.40.